The van der Waals surface area contributed by atoms with Gasteiger partial charge >= 0.3 is 0 Å². The highest BCUT2D eigenvalue weighted by Crippen LogP contribution is 2.20. The van der Waals surface area contributed by atoms with Gasteiger partial charge in [-0.2, -0.15) is 5.26 Å². The summed E-state index contributed by atoms with van der Waals surface area (Å²) in [4.78, 5) is 0.384. The predicted octanol–water partition coefficient (Wildman–Crippen LogP) is 1.71. The van der Waals surface area contributed by atoms with Crippen molar-refractivity contribution < 1.29 is 13.2 Å². The normalized spacial score (nSPS) is 11.3. The van der Waals surface area contributed by atoms with Gasteiger partial charge in [-0.05, 0) is 18.6 Å². The van der Waals surface area contributed by atoms with E-state index in [1.54, 1.807) is 0 Å². The highest BCUT2D eigenvalue weighted by Gasteiger charge is 2.15. The third-order valence-electron chi connectivity index (χ3n) is 2.14. The third-order valence-corrected chi connectivity index (χ3v) is 5.08. The molecular formula is C11H16N2O3S2. The molecule has 5 nitrogen and oxygen atoms in total. The second-order valence-corrected chi connectivity index (χ2v) is 6.67. The van der Waals surface area contributed by atoms with E-state index < -0.39 is 10.0 Å². The van der Waals surface area contributed by atoms with E-state index >= 15 is 0 Å². The Labute approximate surface area is 111 Å². The van der Waals surface area contributed by atoms with Crippen LogP contribution in [-0.2, 0) is 14.8 Å². The van der Waals surface area contributed by atoms with Crippen molar-refractivity contribution in [1.29, 1.82) is 5.26 Å². The molecule has 0 bridgehead atoms. The summed E-state index contributed by atoms with van der Waals surface area (Å²) in [5, 5.41) is 8.64. The standard InChI is InChI=1S/C11H16N2O3S2/c1-2-3-7-16-8-6-13-18(14,15)11-5-4-10(9-12)17-11/h4-5,13H,2-3,6-8H2,1H3. The number of rotatable bonds is 8. The Balaban J connectivity index is 2.39. The molecule has 0 aliphatic heterocycles. The minimum Gasteiger partial charge on any atom is -0.380 e. The highest BCUT2D eigenvalue weighted by atomic mass is 32.2. The van der Waals surface area contributed by atoms with Gasteiger partial charge in [0.15, 0.2) is 0 Å². The molecule has 0 aromatic carbocycles. The first-order valence-corrected chi connectivity index (χ1v) is 7.97. The molecule has 1 N–H and O–H groups in total. The maximum atomic E-state index is 11.8. The molecule has 1 aromatic rings. The zero-order valence-electron chi connectivity index (χ0n) is 10.2. The molecule has 0 fully saturated rings. The van der Waals surface area contributed by atoms with Gasteiger partial charge in [-0.1, -0.05) is 13.3 Å². The first-order valence-electron chi connectivity index (χ1n) is 5.67. The fourth-order valence-electron chi connectivity index (χ4n) is 1.19. The maximum Gasteiger partial charge on any atom is 0.250 e. The molecule has 1 rings (SSSR count). The monoisotopic (exact) mass is 288 g/mol. The molecule has 0 aliphatic rings. The second kappa shape index (κ2) is 7.48. The van der Waals surface area contributed by atoms with Crippen molar-refractivity contribution in [1.82, 2.24) is 4.72 Å². The largest absolute Gasteiger partial charge is 0.380 e. The van der Waals surface area contributed by atoms with Gasteiger partial charge in [0.25, 0.3) is 0 Å². The molecule has 0 atom stereocenters. The number of nitrogens with zero attached hydrogens (tertiary/aromatic N) is 1. The number of sulfonamides is 1. The lowest BCUT2D eigenvalue weighted by Crippen LogP contribution is -2.26. The maximum absolute atomic E-state index is 11.8. The molecule has 100 valence electrons. The second-order valence-electron chi connectivity index (χ2n) is 3.59. The number of ether oxygens (including phenoxy) is 1. The van der Waals surface area contributed by atoms with Crippen LogP contribution in [0.2, 0.25) is 0 Å². The Morgan fingerprint density at radius 2 is 2.22 bits per heavy atom. The van der Waals surface area contributed by atoms with Gasteiger partial charge in [0.05, 0.1) is 6.61 Å². The van der Waals surface area contributed by atoms with Crippen LogP contribution in [0.1, 0.15) is 24.6 Å². The van der Waals surface area contributed by atoms with Crippen LogP contribution in [0.3, 0.4) is 0 Å². The number of hydrogen-bond donors (Lipinski definition) is 1. The first kappa shape index (κ1) is 15.1. The van der Waals surface area contributed by atoms with Gasteiger partial charge < -0.3 is 4.74 Å². The van der Waals surface area contributed by atoms with Crippen molar-refractivity contribution >= 4 is 21.4 Å². The van der Waals surface area contributed by atoms with Crippen molar-refractivity contribution in [2.45, 2.75) is 24.0 Å². The third kappa shape index (κ3) is 4.74. The van der Waals surface area contributed by atoms with Crippen LogP contribution in [0.15, 0.2) is 16.3 Å². The fourth-order valence-corrected chi connectivity index (χ4v) is 3.35. The molecule has 18 heavy (non-hydrogen) atoms. The van der Waals surface area contributed by atoms with E-state index in [2.05, 4.69) is 11.6 Å². The minimum absolute atomic E-state index is 0.160. The Bertz CT molecular complexity index is 503. The summed E-state index contributed by atoms with van der Waals surface area (Å²) in [6.45, 7) is 3.31. The molecule has 0 radical (unpaired) electrons. The molecule has 0 amide bonds. The average molecular weight is 288 g/mol. The first-order chi connectivity index (χ1) is 8.60. The summed E-state index contributed by atoms with van der Waals surface area (Å²) in [5.41, 5.74) is 0. The van der Waals surface area contributed by atoms with Crippen molar-refractivity contribution in [2.24, 2.45) is 0 Å². The summed E-state index contributed by atoms with van der Waals surface area (Å²) in [6, 6.07) is 4.84. The van der Waals surface area contributed by atoms with Crippen molar-refractivity contribution in [3.05, 3.63) is 17.0 Å². The minimum atomic E-state index is -3.50. The Morgan fingerprint density at radius 3 is 2.83 bits per heavy atom. The predicted molar refractivity (Wildman–Crippen MR) is 69.9 cm³/mol. The Morgan fingerprint density at radius 1 is 1.44 bits per heavy atom. The van der Waals surface area contributed by atoms with E-state index in [-0.39, 0.29) is 10.8 Å². The summed E-state index contributed by atoms with van der Waals surface area (Å²) in [6.07, 6.45) is 2.03. The molecule has 0 spiro atoms. The van der Waals surface area contributed by atoms with Gasteiger partial charge in [0.2, 0.25) is 10.0 Å². The number of hydrogen-bond acceptors (Lipinski definition) is 5. The number of thiophene rings is 1. The molecule has 1 aromatic heterocycles. The smallest absolute Gasteiger partial charge is 0.250 e. The van der Waals surface area contributed by atoms with E-state index in [0.717, 1.165) is 24.2 Å². The average Bonchev–Trinajstić information content (AvgIpc) is 2.83. The van der Waals surface area contributed by atoms with Crippen molar-refractivity contribution in [3.8, 4) is 6.07 Å². The topological polar surface area (TPSA) is 79.2 Å². The van der Waals surface area contributed by atoms with Gasteiger partial charge in [-0.3, -0.25) is 0 Å². The number of nitriles is 1. The number of nitrogens with one attached hydrogen (secondary N) is 1. The molecule has 7 heteroatoms. The van der Waals surface area contributed by atoms with Crippen LogP contribution < -0.4 is 4.72 Å². The fraction of sp³-hybridized carbons (Fsp3) is 0.545. The van der Waals surface area contributed by atoms with Gasteiger partial charge in [-0.25, -0.2) is 13.1 Å². The van der Waals surface area contributed by atoms with Gasteiger partial charge in [0, 0.05) is 13.2 Å². The van der Waals surface area contributed by atoms with Crippen LogP contribution in [-0.4, -0.2) is 28.2 Å². The summed E-state index contributed by atoms with van der Waals surface area (Å²) >= 11 is 0.959. The van der Waals surface area contributed by atoms with E-state index in [1.165, 1.54) is 12.1 Å². The van der Waals surface area contributed by atoms with Crippen LogP contribution in [0, 0.1) is 11.3 Å². The van der Waals surface area contributed by atoms with Crippen LogP contribution >= 0.6 is 11.3 Å². The molecule has 0 aliphatic carbocycles. The summed E-state index contributed by atoms with van der Waals surface area (Å²) < 4.78 is 31.4. The summed E-state index contributed by atoms with van der Waals surface area (Å²) in [5.74, 6) is 0. The Kier molecular flexibility index (Phi) is 6.29. The lowest BCUT2D eigenvalue weighted by Gasteiger charge is -2.05. The summed E-state index contributed by atoms with van der Waals surface area (Å²) in [7, 11) is -3.50. The zero-order chi connectivity index (χ0) is 13.4. The lowest BCUT2D eigenvalue weighted by atomic mass is 10.4. The number of unbranched alkanes of at least 4 members (excludes halogenated alkanes) is 1. The molecule has 1 heterocycles. The lowest BCUT2D eigenvalue weighted by molar-refractivity contribution is 0.136. The zero-order valence-corrected chi connectivity index (χ0v) is 11.8. The van der Waals surface area contributed by atoms with E-state index in [1.807, 2.05) is 6.07 Å². The van der Waals surface area contributed by atoms with E-state index in [9.17, 15) is 8.42 Å². The molecule has 0 saturated carbocycles. The Hall–Kier alpha value is -0.940. The quantitative estimate of drug-likeness (QED) is 0.739. The van der Waals surface area contributed by atoms with Gasteiger partial charge in [0.1, 0.15) is 15.2 Å². The van der Waals surface area contributed by atoms with Crippen LogP contribution in [0.5, 0.6) is 0 Å². The van der Waals surface area contributed by atoms with Crippen molar-refractivity contribution in [2.75, 3.05) is 19.8 Å². The molecule has 0 unspecified atom stereocenters. The van der Waals surface area contributed by atoms with E-state index in [0.29, 0.717) is 18.1 Å². The molecular weight excluding hydrogens is 272 g/mol. The SMILES string of the molecule is CCCCOCCNS(=O)(=O)c1ccc(C#N)s1. The van der Waals surface area contributed by atoms with Gasteiger partial charge in [-0.15, -0.1) is 11.3 Å². The van der Waals surface area contributed by atoms with Crippen molar-refractivity contribution in [3.63, 3.8) is 0 Å². The molecule has 0 saturated heterocycles. The van der Waals surface area contributed by atoms with Crippen LogP contribution in [0.4, 0.5) is 0 Å². The highest BCUT2D eigenvalue weighted by molar-refractivity contribution is 7.91. The van der Waals surface area contributed by atoms with E-state index in [4.69, 9.17) is 10.00 Å². The van der Waals surface area contributed by atoms with Crippen LogP contribution in [0.25, 0.3) is 0 Å².